The summed E-state index contributed by atoms with van der Waals surface area (Å²) in [5.74, 6) is 0. The fourth-order valence-corrected chi connectivity index (χ4v) is 2.74. The molecule has 0 aliphatic heterocycles. The molecule has 0 radical (unpaired) electrons. The van der Waals surface area contributed by atoms with Crippen molar-refractivity contribution in [3.63, 3.8) is 0 Å². The third-order valence-corrected chi connectivity index (χ3v) is 4.70. The number of benzene rings is 2. The van der Waals surface area contributed by atoms with Crippen molar-refractivity contribution in [3.8, 4) is 0 Å². The minimum absolute atomic E-state index is 0.206. The molecule has 3 rings (SSSR count). The van der Waals surface area contributed by atoms with Gasteiger partial charge < -0.3 is 9.97 Å². The molecule has 0 aliphatic rings. The maximum absolute atomic E-state index is 11.3. The second kappa shape index (κ2) is 5.11. The molecule has 0 fully saturated rings. The van der Waals surface area contributed by atoms with Gasteiger partial charge in [0.2, 0.25) is 0 Å². The molecule has 0 amide bonds. The number of halogens is 2. The van der Waals surface area contributed by atoms with Crippen LogP contribution >= 0.6 is 27.5 Å². The molecule has 2 N–H and O–H groups in total. The van der Waals surface area contributed by atoms with E-state index in [9.17, 15) is 4.79 Å². The Morgan fingerprint density at radius 3 is 2.45 bits per heavy atom. The summed E-state index contributed by atoms with van der Waals surface area (Å²) >= 11 is 10.0. The van der Waals surface area contributed by atoms with Crippen LogP contribution in [0.4, 0.5) is 0 Å². The van der Waals surface area contributed by atoms with Crippen molar-refractivity contribution in [2.75, 3.05) is 0 Å². The first-order chi connectivity index (χ1) is 9.54. The van der Waals surface area contributed by atoms with Crippen LogP contribution in [0.2, 0.25) is 0 Å². The van der Waals surface area contributed by atoms with Crippen LogP contribution in [0.25, 0.3) is 11.0 Å². The van der Waals surface area contributed by atoms with Crippen molar-refractivity contribution in [2.45, 2.75) is 12.3 Å². The van der Waals surface area contributed by atoms with Crippen molar-refractivity contribution < 1.29 is 0 Å². The first-order valence-electron chi connectivity index (χ1n) is 6.16. The average molecular weight is 352 g/mol. The summed E-state index contributed by atoms with van der Waals surface area (Å²) in [5, 5.41) is -0.246. The number of aromatic nitrogens is 2. The summed E-state index contributed by atoms with van der Waals surface area (Å²) in [6.45, 7) is 2.03. The van der Waals surface area contributed by atoms with E-state index in [1.165, 1.54) is 0 Å². The summed E-state index contributed by atoms with van der Waals surface area (Å²) in [5.41, 5.74) is 4.48. The van der Waals surface area contributed by atoms with Gasteiger partial charge in [0.05, 0.1) is 16.4 Å². The third kappa shape index (κ3) is 2.41. The maximum atomic E-state index is 11.3. The molecule has 1 unspecified atom stereocenters. The van der Waals surface area contributed by atoms with Crippen LogP contribution in [0.3, 0.4) is 0 Å². The molecule has 5 heteroatoms. The van der Waals surface area contributed by atoms with Crippen LogP contribution in [-0.2, 0) is 0 Å². The topological polar surface area (TPSA) is 48.6 Å². The van der Waals surface area contributed by atoms with E-state index in [1.54, 1.807) is 0 Å². The van der Waals surface area contributed by atoms with Crippen molar-refractivity contribution in [2.24, 2.45) is 0 Å². The zero-order valence-corrected chi connectivity index (χ0v) is 13.0. The lowest BCUT2D eigenvalue weighted by Gasteiger charge is -2.12. The van der Waals surface area contributed by atoms with E-state index < -0.39 is 0 Å². The molecule has 0 bridgehead atoms. The maximum Gasteiger partial charge on any atom is 0.323 e. The number of aryl methyl sites for hydroxylation is 1. The van der Waals surface area contributed by atoms with Crippen LogP contribution in [0.5, 0.6) is 0 Å². The Labute approximate surface area is 129 Å². The summed E-state index contributed by atoms with van der Waals surface area (Å²) in [6, 6.07) is 11.8. The van der Waals surface area contributed by atoms with Gasteiger partial charge in [-0.1, -0.05) is 34.1 Å². The molecular weight excluding hydrogens is 340 g/mol. The zero-order valence-electron chi connectivity index (χ0n) is 10.7. The highest BCUT2D eigenvalue weighted by molar-refractivity contribution is 9.10. The predicted molar refractivity (Wildman–Crippen MR) is 85.5 cm³/mol. The van der Waals surface area contributed by atoms with Gasteiger partial charge in [-0.2, -0.15) is 0 Å². The van der Waals surface area contributed by atoms with Crippen LogP contribution in [-0.4, -0.2) is 9.97 Å². The summed E-state index contributed by atoms with van der Waals surface area (Å²) in [7, 11) is 0. The van der Waals surface area contributed by atoms with Gasteiger partial charge in [-0.15, -0.1) is 11.6 Å². The summed E-state index contributed by atoms with van der Waals surface area (Å²) in [6.07, 6.45) is 0. The SMILES string of the molecule is Cc1cc(C(Cl)c2ccc3[nH]c(=O)[nH]c3c2)ccc1Br. The van der Waals surface area contributed by atoms with Gasteiger partial charge >= 0.3 is 5.69 Å². The lowest BCUT2D eigenvalue weighted by atomic mass is 10.0. The highest BCUT2D eigenvalue weighted by Gasteiger charge is 2.13. The van der Waals surface area contributed by atoms with Gasteiger partial charge in [-0.3, -0.25) is 0 Å². The standard InChI is InChI=1S/C15H12BrClN2O/c1-8-6-9(2-4-11(8)16)14(17)10-3-5-12-13(7-10)19-15(20)18-12/h2-7,14H,1H3,(H2,18,19,20). The van der Waals surface area contributed by atoms with Crippen molar-refractivity contribution in [1.82, 2.24) is 9.97 Å². The van der Waals surface area contributed by atoms with Crippen molar-refractivity contribution in [1.29, 1.82) is 0 Å². The normalized spacial score (nSPS) is 12.8. The van der Waals surface area contributed by atoms with E-state index in [0.29, 0.717) is 0 Å². The molecular formula is C15H12BrClN2O. The molecule has 0 saturated heterocycles. The number of nitrogens with one attached hydrogen (secondary N) is 2. The predicted octanol–water partition coefficient (Wildman–Crippen LogP) is 4.26. The van der Waals surface area contributed by atoms with Crippen LogP contribution in [0.1, 0.15) is 22.1 Å². The Kier molecular flexibility index (Phi) is 3.44. The molecule has 102 valence electrons. The lowest BCUT2D eigenvalue weighted by Crippen LogP contribution is -1.99. The quantitative estimate of drug-likeness (QED) is 0.666. The van der Waals surface area contributed by atoms with Crippen molar-refractivity contribution >= 4 is 38.6 Å². The molecule has 1 heterocycles. The van der Waals surface area contributed by atoms with E-state index in [2.05, 4.69) is 32.0 Å². The van der Waals surface area contributed by atoms with Gasteiger partial charge in [0.25, 0.3) is 0 Å². The molecule has 1 aromatic heterocycles. The van der Waals surface area contributed by atoms with Gasteiger partial charge in [0.15, 0.2) is 0 Å². The molecule has 3 nitrogen and oxygen atoms in total. The highest BCUT2D eigenvalue weighted by Crippen LogP contribution is 2.32. The number of rotatable bonds is 2. The lowest BCUT2D eigenvalue weighted by molar-refractivity contribution is 1.13. The van der Waals surface area contributed by atoms with E-state index >= 15 is 0 Å². The van der Waals surface area contributed by atoms with E-state index in [-0.39, 0.29) is 11.1 Å². The molecule has 20 heavy (non-hydrogen) atoms. The zero-order chi connectivity index (χ0) is 14.3. The fourth-order valence-electron chi connectivity index (χ4n) is 2.23. The Balaban J connectivity index is 2.04. The Bertz CT molecular complexity index is 837. The number of aromatic amines is 2. The highest BCUT2D eigenvalue weighted by atomic mass is 79.9. The van der Waals surface area contributed by atoms with Gasteiger partial charge in [0.1, 0.15) is 0 Å². The van der Waals surface area contributed by atoms with Crippen LogP contribution < -0.4 is 5.69 Å². The number of hydrogen-bond donors (Lipinski definition) is 2. The second-order valence-corrected chi connectivity index (χ2v) is 6.05. The molecule has 0 aliphatic carbocycles. The molecule has 2 aromatic carbocycles. The summed E-state index contributed by atoms with van der Waals surface area (Å²) < 4.78 is 1.07. The van der Waals surface area contributed by atoms with E-state index in [1.807, 2.05) is 37.3 Å². The van der Waals surface area contributed by atoms with Gasteiger partial charge in [-0.05, 0) is 41.8 Å². The van der Waals surface area contributed by atoms with Gasteiger partial charge in [-0.25, -0.2) is 4.79 Å². The molecule has 0 saturated carbocycles. The first kappa shape index (κ1) is 13.5. The number of imidazole rings is 1. The third-order valence-electron chi connectivity index (χ3n) is 3.31. The average Bonchev–Trinajstić information content (AvgIpc) is 2.80. The van der Waals surface area contributed by atoms with Crippen LogP contribution in [0.15, 0.2) is 45.7 Å². The largest absolute Gasteiger partial charge is 0.323 e. The van der Waals surface area contributed by atoms with Crippen molar-refractivity contribution in [3.05, 3.63) is 68.0 Å². The smallest absolute Gasteiger partial charge is 0.306 e. The number of H-pyrrole nitrogens is 2. The first-order valence-corrected chi connectivity index (χ1v) is 7.39. The second-order valence-electron chi connectivity index (χ2n) is 4.76. The number of fused-ring (bicyclic) bond motifs is 1. The molecule has 3 aromatic rings. The number of alkyl halides is 1. The minimum atomic E-state index is -0.246. The molecule has 0 spiro atoms. The van der Waals surface area contributed by atoms with E-state index in [0.717, 1.165) is 32.2 Å². The molecule has 1 atom stereocenters. The monoisotopic (exact) mass is 350 g/mol. The Morgan fingerprint density at radius 2 is 1.70 bits per heavy atom. The van der Waals surface area contributed by atoms with Gasteiger partial charge in [0, 0.05) is 4.47 Å². The fraction of sp³-hybridized carbons (Fsp3) is 0.133. The summed E-state index contributed by atoms with van der Waals surface area (Å²) in [4.78, 5) is 16.7. The Hall–Kier alpha value is -1.52. The van der Waals surface area contributed by atoms with E-state index in [4.69, 9.17) is 11.6 Å². The van der Waals surface area contributed by atoms with Crippen LogP contribution in [0, 0.1) is 6.92 Å². The Morgan fingerprint density at radius 1 is 1.05 bits per heavy atom. The number of hydrogen-bond acceptors (Lipinski definition) is 1. The minimum Gasteiger partial charge on any atom is -0.306 e.